The normalized spacial score (nSPS) is 12.6. The molecule has 27 heavy (non-hydrogen) atoms. The van der Waals surface area contributed by atoms with Gasteiger partial charge in [-0.05, 0) is 39.8 Å². The second kappa shape index (κ2) is 12.7. The monoisotopic (exact) mass is 486 g/mol. The predicted octanol–water partition coefficient (Wildman–Crippen LogP) is 2.96. The molecular formula is C19H31IN6O. The summed E-state index contributed by atoms with van der Waals surface area (Å²) in [6, 6.07) is 11.0. The topological polar surface area (TPSA) is 78.6 Å². The van der Waals surface area contributed by atoms with Gasteiger partial charge >= 0.3 is 0 Å². The number of aliphatic imine (C=N–C) groups is 1. The minimum Gasteiger partial charge on any atom is -0.357 e. The van der Waals surface area contributed by atoms with E-state index in [1.54, 1.807) is 6.92 Å². The van der Waals surface area contributed by atoms with Crippen molar-refractivity contribution in [3.8, 4) is 0 Å². The van der Waals surface area contributed by atoms with Crippen molar-refractivity contribution in [1.29, 1.82) is 0 Å². The molecule has 1 unspecified atom stereocenters. The molecule has 1 aromatic carbocycles. The molecule has 1 atom stereocenters. The molecule has 0 radical (unpaired) electrons. The number of nitrogens with one attached hydrogen (secondary N) is 2. The number of guanidine groups is 1. The first kappa shape index (κ1) is 23.4. The maximum Gasteiger partial charge on any atom is 0.248 e. The largest absolute Gasteiger partial charge is 0.357 e. The first-order chi connectivity index (χ1) is 12.6. The van der Waals surface area contributed by atoms with Crippen molar-refractivity contribution in [1.82, 2.24) is 25.7 Å². The molecule has 0 bridgehead atoms. The van der Waals surface area contributed by atoms with E-state index in [4.69, 9.17) is 4.52 Å². The van der Waals surface area contributed by atoms with Crippen molar-refractivity contribution in [3.63, 3.8) is 0 Å². The van der Waals surface area contributed by atoms with E-state index in [9.17, 15) is 0 Å². The average molecular weight is 486 g/mol. The van der Waals surface area contributed by atoms with E-state index in [1.165, 1.54) is 5.56 Å². The van der Waals surface area contributed by atoms with E-state index in [-0.39, 0.29) is 24.0 Å². The summed E-state index contributed by atoms with van der Waals surface area (Å²) in [7, 11) is 2.16. The van der Waals surface area contributed by atoms with Gasteiger partial charge < -0.3 is 15.2 Å². The number of halogens is 1. The Hall–Kier alpha value is -1.68. The zero-order chi connectivity index (χ0) is 18.8. The minimum atomic E-state index is 0. The second-order valence-corrected chi connectivity index (χ2v) is 6.40. The van der Waals surface area contributed by atoms with Crippen LogP contribution in [0.25, 0.3) is 0 Å². The summed E-state index contributed by atoms with van der Waals surface area (Å²) >= 11 is 0. The van der Waals surface area contributed by atoms with Crippen molar-refractivity contribution in [3.05, 3.63) is 47.6 Å². The Morgan fingerprint density at radius 3 is 2.63 bits per heavy atom. The third-order valence-electron chi connectivity index (χ3n) is 4.17. The van der Waals surface area contributed by atoms with Crippen LogP contribution in [0.2, 0.25) is 0 Å². The van der Waals surface area contributed by atoms with Crippen LogP contribution in [0.4, 0.5) is 0 Å². The standard InChI is InChI=1S/C19H30N6O.HI/c1-5-20-19(22-13-18-23-16(3)24-26-18)21-12-11-15(2)25(4)14-17-9-7-6-8-10-17;/h6-10,15H,5,11-14H2,1-4H3,(H2,20,21,22);1H. The number of aromatic nitrogens is 2. The van der Waals surface area contributed by atoms with E-state index in [0.717, 1.165) is 32.0 Å². The van der Waals surface area contributed by atoms with Gasteiger partial charge in [0.05, 0.1) is 0 Å². The van der Waals surface area contributed by atoms with Gasteiger partial charge in [-0.1, -0.05) is 35.5 Å². The van der Waals surface area contributed by atoms with Crippen LogP contribution in [-0.4, -0.2) is 47.2 Å². The van der Waals surface area contributed by atoms with Crippen LogP contribution in [0.15, 0.2) is 39.8 Å². The summed E-state index contributed by atoms with van der Waals surface area (Å²) in [4.78, 5) is 11.0. The zero-order valence-corrected chi connectivity index (χ0v) is 18.9. The molecule has 2 aromatic rings. The fourth-order valence-corrected chi connectivity index (χ4v) is 2.54. The Balaban J connectivity index is 0.00000364. The van der Waals surface area contributed by atoms with Crippen LogP contribution in [0.3, 0.4) is 0 Å². The molecule has 0 fully saturated rings. The fraction of sp³-hybridized carbons (Fsp3) is 0.526. The van der Waals surface area contributed by atoms with Gasteiger partial charge in [-0.3, -0.25) is 4.90 Å². The number of hydrogen-bond donors (Lipinski definition) is 2. The van der Waals surface area contributed by atoms with E-state index >= 15 is 0 Å². The van der Waals surface area contributed by atoms with Gasteiger partial charge in [0.1, 0.15) is 6.54 Å². The summed E-state index contributed by atoms with van der Waals surface area (Å²) in [6.45, 7) is 9.06. The lowest BCUT2D eigenvalue weighted by Crippen LogP contribution is -2.40. The third-order valence-corrected chi connectivity index (χ3v) is 4.17. The summed E-state index contributed by atoms with van der Waals surface area (Å²) in [5, 5.41) is 10.4. The smallest absolute Gasteiger partial charge is 0.248 e. The molecule has 0 aliphatic carbocycles. The number of benzene rings is 1. The highest BCUT2D eigenvalue weighted by molar-refractivity contribution is 14.0. The van der Waals surface area contributed by atoms with Gasteiger partial charge in [0.15, 0.2) is 11.8 Å². The van der Waals surface area contributed by atoms with Crippen LogP contribution in [0, 0.1) is 6.92 Å². The SMILES string of the molecule is CCNC(=NCc1nc(C)no1)NCCC(C)N(C)Cc1ccccc1.I. The Morgan fingerprint density at radius 2 is 2.00 bits per heavy atom. The van der Waals surface area contributed by atoms with Crippen LogP contribution < -0.4 is 10.6 Å². The van der Waals surface area contributed by atoms with Crippen LogP contribution in [-0.2, 0) is 13.1 Å². The molecule has 2 rings (SSSR count). The summed E-state index contributed by atoms with van der Waals surface area (Å²) in [5.41, 5.74) is 1.33. The average Bonchev–Trinajstić information content (AvgIpc) is 3.05. The molecule has 0 aliphatic heterocycles. The van der Waals surface area contributed by atoms with Crippen molar-refractivity contribution in [2.24, 2.45) is 4.99 Å². The molecule has 0 spiro atoms. The number of hydrogen-bond acceptors (Lipinski definition) is 5. The van der Waals surface area contributed by atoms with E-state index in [1.807, 2.05) is 13.0 Å². The summed E-state index contributed by atoms with van der Waals surface area (Å²) < 4.78 is 5.09. The Morgan fingerprint density at radius 1 is 1.26 bits per heavy atom. The molecule has 0 amide bonds. The highest BCUT2D eigenvalue weighted by Gasteiger charge is 2.10. The lowest BCUT2D eigenvalue weighted by atomic mass is 10.1. The lowest BCUT2D eigenvalue weighted by molar-refractivity contribution is 0.238. The quantitative estimate of drug-likeness (QED) is 0.323. The number of rotatable bonds is 9. The highest BCUT2D eigenvalue weighted by Crippen LogP contribution is 2.07. The van der Waals surface area contributed by atoms with Crippen LogP contribution in [0.1, 0.15) is 37.5 Å². The molecule has 1 aromatic heterocycles. The highest BCUT2D eigenvalue weighted by atomic mass is 127. The molecule has 8 heteroatoms. The molecule has 0 aliphatic rings. The molecule has 7 nitrogen and oxygen atoms in total. The Kier molecular flexibility index (Phi) is 11.0. The Labute approximate surface area is 179 Å². The van der Waals surface area contributed by atoms with E-state index in [2.05, 4.69) is 68.9 Å². The first-order valence-electron chi connectivity index (χ1n) is 9.14. The van der Waals surface area contributed by atoms with Gasteiger partial charge in [-0.25, -0.2) is 4.99 Å². The van der Waals surface area contributed by atoms with Crippen LogP contribution in [0.5, 0.6) is 0 Å². The van der Waals surface area contributed by atoms with E-state index < -0.39 is 0 Å². The minimum absolute atomic E-state index is 0. The van der Waals surface area contributed by atoms with Crippen molar-refractivity contribution < 1.29 is 4.52 Å². The Bertz CT molecular complexity index is 676. The lowest BCUT2D eigenvalue weighted by Gasteiger charge is -2.25. The maximum absolute atomic E-state index is 5.09. The van der Waals surface area contributed by atoms with E-state index in [0.29, 0.717) is 24.3 Å². The summed E-state index contributed by atoms with van der Waals surface area (Å²) in [5.74, 6) is 1.92. The van der Waals surface area contributed by atoms with Crippen LogP contribution >= 0.6 is 24.0 Å². The zero-order valence-electron chi connectivity index (χ0n) is 16.6. The fourth-order valence-electron chi connectivity index (χ4n) is 2.54. The van der Waals surface area contributed by atoms with Gasteiger partial charge in [-0.2, -0.15) is 4.98 Å². The predicted molar refractivity (Wildman–Crippen MR) is 119 cm³/mol. The molecule has 150 valence electrons. The summed E-state index contributed by atoms with van der Waals surface area (Å²) in [6.07, 6.45) is 1.02. The van der Waals surface area contributed by atoms with Crippen molar-refractivity contribution >= 4 is 29.9 Å². The van der Waals surface area contributed by atoms with Crippen molar-refractivity contribution in [2.45, 2.75) is 46.3 Å². The van der Waals surface area contributed by atoms with Gasteiger partial charge in [0, 0.05) is 25.7 Å². The third kappa shape index (κ3) is 8.70. The molecule has 1 heterocycles. The second-order valence-electron chi connectivity index (χ2n) is 6.40. The number of nitrogens with zero attached hydrogens (tertiary/aromatic N) is 4. The molecule has 0 saturated carbocycles. The van der Waals surface area contributed by atoms with Crippen molar-refractivity contribution in [2.75, 3.05) is 20.1 Å². The molecule has 0 saturated heterocycles. The van der Waals surface area contributed by atoms with Gasteiger partial charge in [0.2, 0.25) is 5.89 Å². The van der Waals surface area contributed by atoms with Gasteiger partial charge in [0.25, 0.3) is 0 Å². The molecule has 2 N–H and O–H groups in total. The number of aryl methyl sites for hydroxylation is 1. The maximum atomic E-state index is 5.09. The molecular weight excluding hydrogens is 455 g/mol. The first-order valence-corrected chi connectivity index (χ1v) is 9.14. The van der Waals surface area contributed by atoms with Gasteiger partial charge in [-0.15, -0.1) is 24.0 Å².